The van der Waals surface area contributed by atoms with Crippen molar-refractivity contribution in [2.75, 3.05) is 6.79 Å². The van der Waals surface area contributed by atoms with Crippen LogP contribution in [0, 0.1) is 12.7 Å². The van der Waals surface area contributed by atoms with Crippen molar-refractivity contribution in [3.8, 4) is 11.5 Å². The van der Waals surface area contributed by atoms with Crippen LogP contribution < -0.4 is 14.8 Å². The number of fused-ring (bicyclic) bond motifs is 1. The molecule has 1 heterocycles. The smallest absolute Gasteiger partial charge is 0.251 e. The van der Waals surface area contributed by atoms with Crippen molar-refractivity contribution in [2.24, 2.45) is 0 Å². The lowest BCUT2D eigenvalue weighted by molar-refractivity contribution is 0.0950. The van der Waals surface area contributed by atoms with E-state index in [-0.39, 0.29) is 18.5 Å². The average molecular weight is 322 g/mol. The number of halogens is 2. The highest BCUT2D eigenvalue weighted by Crippen LogP contribution is 2.39. The molecule has 1 N–H and O–H groups in total. The molecule has 3 rings (SSSR count). The normalized spacial score (nSPS) is 12.3. The maximum Gasteiger partial charge on any atom is 0.251 e. The van der Waals surface area contributed by atoms with Crippen molar-refractivity contribution in [1.82, 2.24) is 5.32 Å². The van der Waals surface area contributed by atoms with Gasteiger partial charge in [0.15, 0.2) is 11.5 Å². The molecule has 0 atom stereocenters. The first-order valence-corrected chi connectivity index (χ1v) is 7.05. The summed E-state index contributed by atoms with van der Waals surface area (Å²) in [5.74, 6) is 0.350. The van der Waals surface area contributed by atoms with Crippen LogP contribution in [0.25, 0.3) is 0 Å². The molecule has 2 aromatic rings. The third-order valence-corrected chi connectivity index (χ3v) is 3.65. The summed E-state index contributed by atoms with van der Waals surface area (Å²) < 4.78 is 23.6. The minimum atomic E-state index is -0.290. The number of hydrogen-bond acceptors (Lipinski definition) is 3. The van der Waals surface area contributed by atoms with Crippen LogP contribution in [-0.4, -0.2) is 12.7 Å². The zero-order chi connectivity index (χ0) is 15.7. The lowest BCUT2D eigenvalue weighted by Gasteiger charge is -2.08. The summed E-state index contributed by atoms with van der Waals surface area (Å²) in [6.07, 6.45) is 0. The quantitative estimate of drug-likeness (QED) is 0.942. The Balaban J connectivity index is 1.72. The van der Waals surface area contributed by atoms with Crippen LogP contribution in [0.2, 0.25) is 5.02 Å². The number of amides is 1. The highest BCUT2D eigenvalue weighted by molar-refractivity contribution is 6.32. The molecule has 1 aliphatic heterocycles. The fraction of sp³-hybridized carbons (Fsp3) is 0.188. The second kappa shape index (κ2) is 5.85. The third kappa shape index (κ3) is 2.85. The van der Waals surface area contributed by atoms with E-state index >= 15 is 0 Å². The Morgan fingerprint density at radius 1 is 1.32 bits per heavy atom. The molecule has 114 valence electrons. The number of ether oxygens (including phenoxy) is 2. The maximum atomic E-state index is 13.2. The van der Waals surface area contributed by atoms with Crippen molar-refractivity contribution in [3.05, 3.63) is 57.9 Å². The molecular weight excluding hydrogens is 309 g/mol. The van der Waals surface area contributed by atoms with E-state index in [1.807, 2.05) is 0 Å². The second-order valence-electron chi connectivity index (χ2n) is 4.96. The van der Waals surface area contributed by atoms with Gasteiger partial charge in [0.1, 0.15) is 5.82 Å². The summed E-state index contributed by atoms with van der Waals surface area (Å²) >= 11 is 6.05. The Kier molecular flexibility index (Phi) is 3.90. The SMILES string of the molecule is Cc1cc(CNC(=O)c2cc(Cl)c3c(c2)OCO3)ccc1F. The van der Waals surface area contributed by atoms with Gasteiger partial charge in [-0.25, -0.2) is 4.39 Å². The Bertz CT molecular complexity index is 748. The maximum absolute atomic E-state index is 13.2. The van der Waals surface area contributed by atoms with Gasteiger partial charge in [-0.3, -0.25) is 4.79 Å². The zero-order valence-electron chi connectivity index (χ0n) is 11.8. The number of benzene rings is 2. The molecule has 0 radical (unpaired) electrons. The number of carbonyl (C=O) groups is 1. The molecule has 22 heavy (non-hydrogen) atoms. The first kappa shape index (κ1) is 14.7. The molecule has 6 heteroatoms. The summed E-state index contributed by atoms with van der Waals surface area (Å²) in [5, 5.41) is 3.10. The highest BCUT2D eigenvalue weighted by atomic mass is 35.5. The Morgan fingerprint density at radius 3 is 2.91 bits per heavy atom. The van der Waals surface area contributed by atoms with E-state index in [2.05, 4.69) is 5.32 Å². The second-order valence-corrected chi connectivity index (χ2v) is 5.37. The summed E-state index contributed by atoms with van der Waals surface area (Å²) in [4.78, 5) is 12.2. The highest BCUT2D eigenvalue weighted by Gasteiger charge is 2.20. The molecule has 1 amide bonds. The van der Waals surface area contributed by atoms with Crippen molar-refractivity contribution in [3.63, 3.8) is 0 Å². The first-order chi connectivity index (χ1) is 10.5. The molecule has 0 bridgehead atoms. The molecule has 4 nitrogen and oxygen atoms in total. The van der Waals surface area contributed by atoms with Gasteiger partial charge in [-0.15, -0.1) is 0 Å². The van der Waals surface area contributed by atoms with Crippen LogP contribution in [0.3, 0.4) is 0 Å². The van der Waals surface area contributed by atoms with Gasteiger partial charge in [0, 0.05) is 12.1 Å². The topological polar surface area (TPSA) is 47.6 Å². The molecule has 0 aliphatic carbocycles. The summed E-state index contributed by atoms with van der Waals surface area (Å²) in [6, 6.07) is 7.82. The number of nitrogens with one attached hydrogen (secondary N) is 1. The Labute approximate surface area is 131 Å². The van der Waals surface area contributed by atoms with Crippen molar-refractivity contribution < 1.29 is 18.7 Å². The summed E-state index contributed by atoms with van der Waals surface area (Å²) in [7, 11) is 0. The molecule has 0 fully saturated rings. The fourth-order valence-electron chi connectivity index (χ4n) is 2.20. The van der Waals surface area contributed by atoms with Gasteiger partial charge < -0.3 is 14.8 Å². The number of aryl methyl sites for hydroxylation is 1. The van der Waals surface area contributed by atoms with Gasteiger partial charge in [0.2, 0.25) is 6.79 Å². The van der Waals surface area contributed by atoms with Crippen molar-refractivity contribution >= 4 is 17.5 Å². The molecule has 0 aromatic heterocycles. The van der Waals surface area contributed by atoms with E-state index in [0.29, 0.717) is 34.2 Å². The van der Waals surface area contributed by atoms with Crippen LogP contribution in [0.1, 0.15) is 21.5 Å². The molecular formula is C16H13ClFNO3. The predicted molar refractivity (Wildman–Crippen MR) is 79.9 cm³/mol. The fourth-order valence-corrected chi connectivity index (χ4v) is 2.46. The lowest BCUT2D eigenvalue weighted by Crippen LogP contribution is -2.22. The van der Waals surface area contributed by atoms with E-state index in [1.165, 1.54) is 12.1 Å². The standard InChI is InChI=1S/C16H13ClFNO3/c1-9-4-10(2-3-13(9)18)7-19-16(20)11-5-12(17)15-14(6-11)21-8-22-15/h2-6H,7-8H2,1H3,(H,19,20). The van der Waals surface area contributed by atoms with Crippen molar-refractivity contribution in [2.45, 2.75) is 13.5 Å². The summed E-state index contributed by atoms with van der Waals surface area (Å²) in [6.45, 7) is 2.07. The van der Waals surface area contributed by atoms with Crippen LogP contribution in [-0.2, 0) is 6.54 Å². The van der Waals surface area contributed by atoms with Gasteiger partial charge in [-0.1, -0.05) is 23.7 Å². The number of carbonyl (C=O) groups excluding carboxylic acids is 1. The van der Waals surface area contributed by atoms with Gasteiger partial charge in [-0.05, 0) is 36.2 Å². The van der Waals surface area contributed by atoms with E-state index in [9.17, 15) is 9.18 Å². The van der Waals surface area contributed by atoms with Crippen LogP contribution >= 0.6 is 11.6 Å². The Morgan fingerprint density at radius 2 is 2.14 bits per heavy atom. The average Bonchev–Trinajstić information content (AvgIpc) is 2.97. The predicted octanol–water partition coefficient (Wildman–Crippen LogP) is 3.45. The van der Waals surface area contributed by atoms with E-state index in [1.54, 1.807) is 25.1 Å². The molecule has 0 unspecified atom stereocenters. The summed E-state index contributed by atoms with van der Waals surface area (Å²) in [5.41, 5.74) is 1.74. The van der Waals surface area contributed by atoms with Crippen LogP contribution in [0.5, 0.6) is 11.5 Å². The third-order valence-electron chi connectivity index (χ3n) is 3.36. The van der Waals surface area contributed by atoms with Gasteiger partial charge in [0.25, 0.3) is 5.91 Å². The number of rotatable bonds is 3. The molecule has 0 saturated carbocycles. The van der Waals surface area contributed by atoms with E-state index in [0.717, 1.165) is 5.56 Å². The van der Waals surface area contributed by atoms with E-state index in [4.69, 9.17) is 21.1 Å². The molecule has 0 saturated heterocycles. The van der Waals surface area contributed by atoms with Gasteiger partial charge >= 0.3 is 0 Å². The molecule has 2 aromatic carbocycles. The van der Waals surface area contributed by atoms with Crippen LogP contribution in [0.4, 0.5) is 4.39 Å². The van der Waals surface area contributed by atoms with Gasteiger partial charge in [-0.2, -0.15) is 0 Å². The minimum Gasteiger partial charge on any atom is -0.454 e. The molecule has 0 spiro atoms. The lowest BCUT2D eigenvalue weighted by atomic mass is 10.1. The molecule has 1 aliphatic rings. The van der Waals surface area contributed by atoms with Crippen LogP contribution in [0.15, 0.2) is 30.3 Å². The minimum absolute atomic E-state index is 0.0922. The Hall–Kier alpha value is -2.27. The van der Waals surface area contributed by atoms with Gasteiger partial charge in [0.05, 0.1) is 5.02 Å². The largest absolute Gasteiger partial charge is 0.454 e. The zero-order valence-corrected chi connectivity index (χ0v) is 12.5. The first-order valence-electron chi connectivity index (χ1n) is 6.67. The monoisotopic (exact) mass is 321 g/mol. The van der Waals surface area contributed by atoms with Crippen molar-refractivity contribution in [1.29, 1.82) is 0 Å². The number of hydrogen-bond donors (Lipinski definition) is 1. The van der Waals surface area contributed by atoms with E-state index < -0.39 is 0 Å².